The first kappa shape index (κ1) is 9.67. The SMILES string of the molecule is Cc1cccc([N+](=O)[O-])c1C1=CCON1. The molecular formula is C10H10N2O3. The molecule has 0 atom stereocenters. The van der Waals surface area contributed by atoms with Crippen molar-refractivity contribution in [2.75, 3.05) is 6.61 Å². The van der Waals surface area contributed by atoms with Crippen molar-refractivity contribution < 1.29 is 9.76 Å². The highest BCUT2D eigenvalue weighted by Crippen LogP contribution is 2.28. The summed E-state index contributed by atoms with van der Waals surface area (Å²) in [6.45, 7) is 2.27. The minimum atomic E-state index is -0.386. The van der Waals surface area contributed by atoms with Gasteiger partial charge in [0.1, 0.15) is 0 Å². The van der Waals surface area contributed by atoms with Crippen molar-refractivity contribution in [1.29, 1.82) is 0 Å². The van der Waals surface area contributed by atoms with Gasteiger partial charge in [0.25, 0.3) is 5.69 Å². The number of benzene rings is 1. The Bertz CT molecular complexity index is 440. The summed E-state index contributed by atoms with van der Waals surface area (Å²) >= 11 is 0. The second kappa shape index (κ2) is 3.70. The summed E-state index contributed by atoms with van der Waals surface area (Å²) in [5.74, 6) is 0. The molecule has 78 valence electrons. The summed E-state index contributed by atoms with van der Waals surface area (Å²) in [5.41, 5.74) is 4.88. The molecule has 0 saturated carbocycles. The average Bonchev–Trinajstić information content (AvgIpc) is 2.70. The number of aryl methyl sites for hydroxylation is 1. The lowest BCUT2D eigenvalue weighted by Gasteiger charge is -2.07. The number of nitrogens with zero attached hydrogens (tertiary/aromatic N) is 1. The molecule has 1 N–H and O–H groups in total. The van der Waals surface area contributed by atoms with Gasteiger partial charge >= 0.3 is 0 Å². The topological polar surface area (TPSA) is 64.4 Å². The van der Waals surface area contributed by atoms with Crippen LogP contribution in [0, 0.1) is 17.0 Å². The van der Waals surface area contributed by atoms with Crippen molar-refractivity contribution >= 4 is 11.4 Å². The van der Waals surface area contributed by atoms with Crippen LogP contribution in [0.5, 0.6) is 0 Å². The van der Waals surface area contributed by atoms with Gasteiger partial charge in [-0.05, 0) is 18.6 Å². The predicted octanol–water partition coefficient (Wildman–Crippen LogP) is 1.78. The van der Waals surface area contributed by atoms with E-state index in [4.69, 9.17) is 4.84 Å². The van der Waals surface area contributed by atoms with Crippen LogP contribution in [0.1, 0.15) is 11.1 Å². The molecule has 5 heteroatoms. The first-order chi connectivity index (χ1) is 7.20. The zero-order valence-electron chi connectivity index (χ0n) is 8.19. The van der Waals surface area contributed by atoms with E-state index in [1.807, 2.05) is 13.0 Å². The molecule has 0 amide bonds. The third kappa shape index (κ3) is 1.69. The molecule has 15 heavy (non-hydrogen) atoms. The lowest BCUT2D eigenvalue weighted by atomic mass is 10.0. The lowest BCUT2D eigenvalue weighted by Crippen LogP contribution is -2.08. The Kier molecular flexibility index (Phi) is 2.39. The van der Waals surface area contributed by atoms with Gasteiger partial charge in [-0.25, -0.2) is 0 Å². The minimum Gasteiger partial charge on any atom is -0.272 e. The lowest BCUT2D eigenvalue weighted by molar-refractivity contribution is -0.385. The molecule has 0 radical (unpaired) electrons. The van der Waals surface area contributed by atoms with Gasteiger partial charge < -0.3 is 0 Å². The maximum atomic E-state index is 10.8. The third-order valence-electron chi connectivity index (χ3n) is 2.27. The zero-order chi connectivity index (χ0) is 10.8. The standard InChI is InChI=1S/C10H10N2O3/c1-7-3-2-4-9(12(13)14)10(7)8-5-6-15-11-8/h2-5,11H,6H2,1H3. The normalized spacial score (nSPS) is 14.6. The van der Waals surface area contributed by atoms with E-state index < -0.39 is 0 Å². The predicted molar refractivity (Wildman–Crippen MR) is 54.9 cm³/mol. The highest BCUT2D eigenvalue weighted by atomic mass is 16.6. The molecule has 1 aliphatic heterocycles. The summed E-state index contributed by atoms with van der Waals surface area (Å²) in [6.07, 6.45) is 1.79. The van der Waals surface area contributed by atoms with E-state index in [2.05, 4.69) is 5.48 Å². The van der Waals surface area contributed by atoms with Crippen LogP contribution >= 0.6 is 0 Å². The first-order valence-electron chi connectivity index (χ1n) is 4.52. The van der Waals surface area contributed by atoms with Crippen LogP contribution < -0.4 is 5.48 Å². The Morgan fingerprint density at radius 3 is 2.93 bits per heavy atom. The number of nitrogens with one attached hydrogen (secondary N) is 1. The summed E-state index contributed by atoms with van der Waals surface area (Å²) in [4.78, 5) is 15.4. The van der Waals surface area contributed by atoms with Gasteiger partial charge in [0, 0.05) is 6.07 Å². The first-order valence-corrected chi connectivity index (χ1v) is 4.52. The summed E-state index contributed by atoms with van der Waals surface area (Å²) < 4.78 is 0. The highest BCUT2D eigenvalue weighted by Gasteiger charge is 2.20. The molecule has 1 heterocycles. The van der Waals surface area contributed by atoms with Gasteiger partial charge in [-0.3, -0.25) is 20.4 Å². The molecule has 5 nitrogen and oxygen atoms in total. The number of hydroxylamine groups is 1. The van der Waals surface area contributed by atoms with Gasteiger partial charge in [0.05, 0.1) is 22.8 Å². The quantitative estimate of drug-likeness (QED) is 0.591. The van der Waals surface area contributed by atoms with Crippen LogP contribution in [0.25, 0.3) is 5.70 Å². The Hall–Kier alpha value is -1.88. The molecule has 0 spiro atoms. The fourth-order valence-corrected chi connectivity index (χ4v) is 1.59. The number of rotatable bonds is 2. The number of nitro benzene ring substituents is 1. The van der Waals surface area contributed by atoms with Crippen LogP contribution in [-0.2, 0) is 4.84 Å². The minimum absolute atomic E-state index is 0.0965. The summed E-state index contributed by atoms with van der Waals surface area (Å²) in [6, 6.07) is 5.00. The number of hydrogen-bond donors (Lipinski definition) is 1. The molecule has 0 bridgehead atoms. The molecule has 2 rings (SSSR count). The summed E-state index contributed by atoms with van der Waals surface area (Å²) in [5, 5.41) is 10.8. The molecule has 0 aliphatic carbocycles. The van der Waals surface area contributed by atoms with Gasteiger partial charge in [-0.15, -0.1) is 0 Å². The van der Waals surface area contributed by atoms with E-state index in [-0.39, 0.29) is 10.6 Å². The Morgan fingerprint density at radius 1 is 1.53 bits per heavy atom. The van der Waals surface area contributed by atoms with Crippen molar-refractivity contribution in [1.82, 2.24) is 5.48 Å². The van der Waals surface area contributed by atoms with E-state index in [0.29, 0.717) is 17.9 Å². The Labute approximate surface area is 86.5 Å². The zero-order valence-corrected chi connectivity index (χ0v) is 8.19. The van der Waals surface area contributed by atoms with E-state index in [1.54, 1.807) is 12.1 Å². The molecule has 1 aromatic rings. The molecular weight excluding hydrogens is 196 g/mol. The largest absolute Gasteiger partial charge is 0.279 e. The van der Waals surface area contributed by atoms with Gasteiger partial charge in [-0.1, -0.05) is 12.1 Å². The van der Waals surface area contributed by atoms with Crippen LogP contribution in [-0.4, -0.2) is 11.5 Å². The van der Waals surface area contributed by atoms with E-state index in [1.165, 1.54) is 6.07 Å². The molecule has 0 fully saturated rings. The van der Waals surface area contributed by atoms with Gasteiger partial charge in [-0.2, -0.15) is 0 Å². The molecule has 1 aliphatic rings. The fraction of sp³-hybridized carbons (Fsp3) is 0.200. The Balaban J connectivity index is 2.56. The molecule has 1 aromatic carbocycles. The smallest absolute Gasteiger partial charge is 0.272 e. The van der Waals surface area contributed by atoms with E-state index in [0.717, 1.165) is 5.56 Å². The fourth-order valence-electron chi connectivity index (χ4n) is 1.59. The van der Waals surface area contributed by atoms with Crippen LogP contribution in [0.4, 0.5) is 5.69 Å². The van der Waals surface area contributed by atoms with Crippen molar-refractivity contribution in [2.45, 2.75) is 6.92 Å². The molecule has 0 unspecified atom stereocenters. The second-order valence-electron chi connectivity index (χ2n) is 3.26. The third-order valence-corrected chi connectivity index (χ3v) is 2.27. The van der Waals surface area contributed by atoms with Crippen molar-refractivity contribution in [3.05, 3.63) is 45.5 Å². The average molecular weight is 206 g/mol. The second-order valence-corrected chi connectivity index (χ2v) is 3.26. The molecule has 0 saturated heterocycles. The van der Waals surface area contributed by atoms with E-state index in [9.17, 15) is 10.1 Å². The molecule has 0 aromatic heterocycles. The van der Waals surface area contributed by atoms with Crippen molar-refractivity contribution in [2.24, 2.45) is 0 Å². The number of hydrogen-bond acceptors (Lipinski definition) is 4. The monoisotopic (exact) mass is 206 g/mol. The van der Waals surface area contributed by atoms with E-state index >= 15 is 0 Å². The van der Waals surface area contributed by atoms with Crippen molar-refractivity contribution in [3.8, 4) is 0 Å². The maximum absolute atomic E-state index is 10.8. The van der Waals surface area contributed by atoms with Crippen LogP contribution in [0.15, 0.2) is 24.3 Å². The van der Waals surface area contributed by atoms with Crippen LogP contribution in [0.3, 0.4) is 0 Å². The Morgan fingerprint density at radius 2 is 2.33 bits per heavy atom. The number of nitro groups is 1. The van der Waals surface area contributed by atoms with Crippen LogP contribution in [0.2, 0.25) is 0 Å². The highest BCUT2D eigenvalue weighted by molar-refractivity contribution is 5.74. The van der Waals surface area contributed by atoms with Gasteiger partial charge in [0.15, 0.2) is 0 Å². The summed E-state index contributed by atoms with van der Waals surface area (Å²) in [7, 11) is 0. The van der Waals surface area contributed by atoms with Gasteiger partial charge in [0.2, 0.25) is 0 Å². The maximum Gasteiger partial charge on any atom is 0.279 e. The van der Waals surface area contributed by atoms with Crippen molar-refractivity contribution in [3.63, 3.8) is 0 Å².